The summed E-state index contributed by atoms with van der Waals surface area (Å²) in [7, 11) is 0. The van der Waals surface area contributed by atoms with Crippen LogP contribution in [0.4, 0.5) is 0 Å². The number of unbranched alkanes of at least 4 members (excludes halogenated alkanes) is 2. The highest BCUT2D eigenvalue weighted by atomic mass is 127. The molecule has 16 heavy (non-hydrogen) atoms. The first-order valence-corrected chi connectivity index (χ1v) is 6.95. The fourth-order valence-corrected chi connectivity index (χ4v) is 2.06. The van der Waals surface area contributed by atoms with Gasteiger partial charge in [0.25, 0.3) is 5.91 Å². The molecule has 1 amide bonds. The van der Waals surface area contributed by atoms with Gasteiger partial charge in [-0.25, -0.2) is 0 Å². The Balaban J connectivity index is 2.30. The zero-order chi connectivity index (χ0) is 11.8. The van der Waals surface area contributed by atoms with Crippen molar-refractivity contribution < 1.29 is 4.79 Å². The number of hydrogen-bond acceptors (Lipinski definition) is 1. The molecular formula is C12H15ClINO. The molecule has 88 valence electrons. The minimum atomic E-state index is 0.00406. The summed E-state index contributed by atoms with van der Waals surface area (Å²) in [5.74, 6) is 0.703. The number of halogens is 2. The number of carbonyl (C=O) groups excluding carboxylic acids is 1. The molecule has 1 rings (SSSR count). The van der Waals surface area contributed by atoms with Crippen molar-refractivity contribution in [1.29, 1.82) is 0 Å². The molecule has 2 nitrogen and oxygen atoms in total. The predicted molar refractivity (Wildman–Crippen MR) is 76.1 cm³/mol. The maximum Gasteiger partial charge on any atom is 0.251 e. The molecule has 4 heteroatoms. The van der Waals surface area contributed by atoms with E-state index in [1.165, 1.54) is 0 Å². The highest BCUT2D eigenvalue weighted by molar-refractivity contribution is 14.1. The first kappa shape index (κ1) is 13.8. The summed E-state index contributed by atoms with van der Waals surface area (Å²) >= 11 is 7.77. The van der Waals surface area contributed by atoms with E-state index in [0.29, 0.717) is 5.88 Å². The monoisotopic (exact) mass is 351 g/mol. The van der Waals surface area contributed by atoms with Crippen LogP contribution < -0.4 is 5.32 Å². The van der Waals surface area contributed by atoms with Gasteiger partial charge in [-0.15, -0.1) is 11.6 Å². The second kappa shape index (κ2) is 7.90. The summed E-state index contributed by atoms with van der Waals surface area (Å²) in [4.78, 5) is 11.7. The second-order valence-electron chi connectivity index (χ2n) is 3.52. The third kappa shape index (κ3) is 5.16. The van der Waals surface area contributed by atoms with Crippen LogP contribution in [0.1, 0.15) is 29.6 Å². The van der Waals surface area contributed by atoms with E-state index >= 15 is 0 Å². The number of nitrogens with one attached hydrogen (secondary N) is 1. The standard InChI is InChI=1S/C12H15ClINO/c13-7-2-1-3-8-15-12(16)10-5-4-6-11(14)9-10/h4-6,9H,1-3,7-8H2,(H,15,16). The lowest BCUT2D eigenvalue weighted by Gasteiger charge is -2.04. The van der Waals surface area contributed by atoms with E-state index < -0.39 is 0 Å². The van der Waals surface area contributed by atoms with Crippen LogP contribution in [0.5, 0.6) is 0 Å². The van der Waals surface area contributed by atoms with Gasteiger partial charge in [0.05, 0.1) is 0 Å². The van der Waals surface area contributed by atoms with Crippen LogP contribution in [0.25, 0.3) is 0 Å². The number of rotatable bonds is 6. The quantitative estimate of drug-likeness (QED) is 0.475. The molecule has 0 aliphatic heterocycles. The van der Waals surface area contributed by atoms with Gasteiger partial charge in [0.15, 0.2) is 0 Å². The summed E-state index contributed by atoms with van der Waals surface area (Å²) in [6.07, 6.45) is 3.07. The normalized spacial score (nSPS) is 10.1. The Kier molecular flexibility index (Phi) is 6.80. The molecule has 0 unspecified atom stereocenters. The Morgan fingerprint density at radius 3 is 2.81 bits per heavy atom. The topological polar surface area (TPSA) is 29.1 Å². The molecule has 1 N–H and O–H groups in total. The third-order valence-corrected chi connectivity index (χ3v) is 3.12. The van der Waals surface area contributed by atoms with E-state index in [2.05, 4.69) is 27.9 Å². The van der Waals surface area contributed by atoms with Gasteiger partial charge >= 0.3 is 0 Å². The molecule has 0 fully saturated rings. The van der Waals surface area contributed by atoms with E-state index in [-0.39, 0.29) is 5.91 Å². The molecule has 1 aromatic carbocycles. The Bertz CT molecular complexity index is 344. The van der Waals surface area contributed by atoms with Crippen molar-refractivity contribution in [2.24, 2.45) is 0 Å². The zero-order valence-corrected chi connectivity index (χ0v) is 11.9. The van der Waals surface area contributed by atoms with Gasteiger partial charge in [0.2, 0.25) is 0 Å². The average molecular weight is 352 g/mol. The van der Waals surface area contributed by atoms with Crippen molar-refractivity contribution >= 4 is 40.1 Å². The minimum Gasteiger partial charge on any atom is -0.352 e. The van der Waals surface area contributed by atoms with Gasteiger partial charge in [-0.1, -0.05) is 12.5 Å². The van der Waals surface area contributed by atoms with Crippen molar-refractivity contribution in [3.63, 3.8) is 0 Å². The molecule has 0 aliphatic carbocycles. The fraction of sp³-hybridized carbons (Fsp3) is 0.417. The van der Waals surface area contributed by atoms with Crippen molar-refractivity contribution in [2.45, 2.75) is 19.3 Å². The number of carbonyl (C=O) groups is 1. The Hall–Kier alpha value is -0.290. The minimum absolute atomic E-state index is 0.00406. The van der Waals surface area contributed by atoms with Crippen LogP contribution >= 0.6 is 34.2 Å². The van der Waals surface area contributed by atoms with Crippen LogP contribution in [-0.4, -0.2) is 18.3 Å². The number of hydrogen-bond donors (Lipinski definition) is 1. The maximum absolute atomic E-state index is 11.7. The van der Waals surface area contributed by atoms with Gasteiger partial charge in [0, 0.05) is 21.6 Å². The smallest absolute Gasteiger partial charge is 0.251 e. The van der Waals surface area contributed by atoms with E-state index in [1.54, 1.807) is 0 Å². The summed E-state index contributed by atoms with van der Waals surface area (Å²) in [6, 6.07) is 7.58. The first-order valence-electron chi connectivity index (χ1n) is 5.34. The Labute approximate surface area is 115 Å². The van der Waals surface area contributed by atoms with Crippen molar-refractivity contribution in [2.75, 3.05) is 12.4 Å². The summed E-state index contributed by atoms with van der Waals surface area (Å²) < 4.78 is 1.08. The lowest BCUT2D eigenvalue weighted by Crippen LogP contribution is -2.24. The lowest BCUT2D eigenvalue weighted by atomic mass is 10.2. The van der Waals surface area contributed by atoms with Crippen molar-refractivity contribution in [3.05, 3.63) is 33.4 Å². The number of alkyl halides is 1. The van der Waals surface area contributed by atoms with E-state index in [1.807, 2.05) is 24.3 Å². The van der Waals surface area contributed by atoms with E-state index in [0.717, 1.165) is 34.9 Å². The zero-order valence-electron chi connectivity index (χ0n) is 9.01. The predicted octanol–water partition coefficient (Wildman–Crippen LogP) is 3.43. The van der Waals surface area contributed by atoms with Gasteiger partial charge in [-0.05, 0) is 53.6 Å². The number of amides is 1. The van der Waals surface area contributed by atoms with Crippen LogP contribution in [0.3, 0.4) is 0 Å². The van der Waals surface area contributed by atoms with Crippen LogP contribution in [0, 0.1) is 3.57 Å². The van der Waals surface area contributed by atoms with Gasteiger partial charge in [-0.3, -0.25) is 4.79 Å². The van der Waals surface area contributed by atoms with Gasteiger partial charge in [-0.2, -0.15) is 0 Å². The molecule has 0 saturated carbocycles. The molecule has 1 aromatic rings. The summed E-state index contributed by atoms with van der Waals surface area (Å²) in [6.45, 7) is 0.723. The molecular weight excluding hydrogens is 336 g/mol. The van der Waals surface area contributed by atoms with Crippen LogP contribution in [0.15, 0.2) is 24.3 Å². The highest BCUT2D eigenvalue weighted by Gasteiger charge is 2.04. The lowest BCUT2D eigenvalue weighted by molar-refractivity contribution is 0.0953. The highest BCUT2D eigenvalue weighted by Crippen LogP contribution is 2.07. The largest absolute Gasteiger partial charge is 0.352 e. The Morgan fingerprint density at radius 1 is 1.31 bits per heavy atom. The number of benzene rings is 1. The first-order chi connectivity index (χ1) is 7.74. The van der Waals surface area contributed by atoms with Crippen molar-refractivity contribution in [1.82, 2.24) is 5.32 Å². The third-order valence-electron chi connectivity index (χ3n) is 2.18. The van der Waals surface area contributed by atoms with Crippen LogP contribution in [-0.2, 0) is 0 Å². The SMILES string of the molecule is O=C(NCCCCCCl)c1cccc(I)c1. The van der Waals surface area contributed by atoms with Crippen molar-refractivity contribution in [3.8, 4) is 0 Å². The van der Waals surface area contributed by atoms with E-state index in [4.69, 9.17) is 11.6 Å². The van der Waals surface area contributed by atoms with Gasteiger partial charge in [0.1, 0.15) is 0 Å². The second-order valence-corrected chi connectivity index (χ2v) is 5.14. The molecule has 0 heterocycles. The van der Waals surface area contributed by atoms with Gasteiger partial charge < -0.3 is 5.32 Å². The molecule has 0 aliphatic rings. The molecule has 0 radical (unpaired) electrons. The molecule has 0 saturated heterocycles. The summed E-state index contributed by atoms with van der Waals surface area (Å²) in [5, 5.41) is 2.90. The maximum atomic E-state index is 11.7. The van der Waals surface area contributed by atoms with E-state index in [9.17, 15) is 4.79 Å². The summed E-state index contributed by atoms with van der Waals surface area (Å²) in [5.41, 5.74) is 0.726. The molecule has 0 aromatic heterocycles. The average Bonchev–Trinajstić information content (AvgIpc) is 2.28. The molecule has 0 bridgehead atoms. The Morgan fingerprint density at radius 2 is 2.12 bits per heavy atom. The fourth-order valence-electron chi connectivity index (χ4n) is 1.33. The molecule has 0 spiro atoms. The van der Waals surface area contributed by atoms with Crippen LogP contribution in [0.2, 0.25) is 0 Å². The molecule has 0 atom stereocenters.